The standard InChI is InChI=1S/C14H22O/c1-13(2,3)10-7-8-12(15)11(9-10)14(4,5)6/h7-9,15H,1-6H3/i4D3,8D/hD. The lowest BCUT2D eigenvalue weighted by Gasteiger charge is -2.25. The summed E-state index contributed by atoms with van der Waals surface area (Å²) in [6.45, 7) is 6.91. The van der Waals surface area contributed by atoms with Gasteiger partial charge in [-0.2, -0.15) is 0 Å². The molecule has 0 amide bonds. The fourth-order valence-electron chi connectivity index (χ4n) is 1.38. The zero-order valence-electron chi connectivity index (χ0n) is 15.1. The van der Waals surface area contributed by atoms with Crippen LogP contribution in [0.4, 0.5) is 0 Å². The minimum absolute atomic E-state index is 0.0131. The molecule has 0 aliphatic heterocycles. The predicted octanol–water partition coefficient (Wildman–Crippen LogP) is 3.99. The van der Waals surface area contributed by atoms with Crippen LogP contribution in [0.25, 0.3) is 0 Å². The van der Waals surface area contributed by atoms with E-state index in [4.69, 9.17) is 6.91 Å². The van der Waals surface area contributed by atoms with E-state index in [0.29, 0.717) is 5.56 Å². The van der Waals surface area contributed by atoms with Gasteiger partial charge in [0.1, 0.15) is 5.75 Å². The van der Waals surface area contributed by atoms with Crippen LogP contribution >= 0.6 is 0 Å². The minimum atomic E-state index is -2.25. The van der Waals surface area contributed by atoms with Gasteiger partial charge in [-0.25, -0.2) is 0 Å². The van der Waals surface area contributed by atoms with Crippen molar-refractivity contribution in [3.05, 3.63) is 29.3 Å². The molecule has 0 bridgehead atoms. The van der Waals surface area contributed by atoms with Crippen molar-refractivity contribution in [3.63, 3.8) is 0 Å². The molecule has 0 radical (unpaired) electrons. The van der Waals surface area contributed by atoms with Crippen LogP contribution in [0.3, 0.4) is 0 Å². The van der Waals surface area contributed by atoms with Gasteiger partial charge >= 0.3 is 0 Å². The molecule has 0 aliphatic rings. The maximum Gasteiger partial charge on any atom is 0.293 e. The summed E-state index contributed by atoms with van der Waals surface area (Å²) in [6.07, 6.45) is 0. The number of phenolic OH excluding ortho intramolecular Hbond substituents is 1. The zero-order valence-corrected chi connectivity index (χ0v) is 10.1. The Hall–Kier alpha value is -0.980. The molecule has 0 saturated heterocycles. The number of rotatable bonds is 1. The molecule has 1 N–H and O–H groups in total. The second-order valence-electron chi connectivity index (χ2n) is 5.51. The van der Waals surface area contributed by atoms with Crippen molar-refractivity contribution in [3.8, 4) is 5.75 Å². The van der Waals surface area contributed by atoms with E-state index >= 15 is 0 Å². The van der Waals surface area contributed by atoms with E-state index < -0.39 is 12.3 Å². The molecule has 0 spiro atoms. The maximum atomic E-state index is 7.99. The van der Waals surface area contributed by atoms with Crippen molar-refractivity contribution < 1.29 is 10.6 Å². The van der Waals surface area contributed by atoms with E-state index in [1.165, 1.54) is 0 Å². The number of hydrogen-bond donors (Lipinski definition) is 1. The summed E-state index contributed by atoms with van der Waals surface area (Å²) in [4.78, 5) is 0. The lowest BCUT2D eigenvalue weighted by molar-refractivity contribution is 0.444. The van der Waals surface area contributed by atoms with Gasteiger partial charge in [0.05, 0.1) is 1.37 Å². The molecule has 1 nitrogen and oxygen atoms in total. The lowest BCUT2D eigenvalue weighted by atomic mass is 9.80. The molecule has 1 rings (SSSR count). The third kappa shape index (κ3) is 2.74. The summed E-state index contributed by atoms with van der Waals surface area (Å²) in [5.74, 6) is 0.0131. The number of benzene rings is 1. The molecule has 1 aromatic rings. The molecule has 0 fully saturated rings. The normalized spacial score (nSPS) is 18.3. The highest BCUT2D eigenvalue weighted by Crippen LogP contribution is 2.34. The van der Waals surface area contributed by atoms with Crippen molar-refractivity contribution >= 4 is 0 Å². The molecule has 0 heterocycles. The third-order valence-corrected chi connectivity index (χ3v) is 2.44. The van der Waals surface area contributed by atoms with Crippen LogP contribution in [-0.2, 0) is 10.8 Å². The molecule has 0 atom stereocenters. The maximum absolute atomic E-state index is 7.99. The van der Waals surface area contributed by atoms with Crippen molar-refractivity contribution in [1.29, 1.82) is 1.43 Å². The third-order valence-electron chi connectivity index (χ3n) is 2.44. The quantitative estimate of drug-likeness (QED) is 0.744. The monoisotopic (exact) mass is 211 g/mol. The van der Waals surface area contributed by atoms with Crippen LogP contribution in [0.5, 0.6) is 5.75 Å². The Morgan fingerprint density at radius 1 is 1.27 bits per heavy atom. The van der Waals surface area contributed by atoms with Gasteiger partial charge in [0, 0.05) is 4.11 Å². The van der Waals surface area contributed by atoms with Crippen LogP contribution in [0.1, 0.15) is 58.1 Å². The molecular formula is C14H22O. The fourth-order valence-corrected chi connectivity index (χ4v) is 1.38. The average Bonchev–Trinajstić information content (AvgIpc) is 2.24. The van der Waals surface area contributed by atoms with E-state index in [2.05, 4.69) is 5.11 Å². The van der Waals surface area contributed by atoms with Gasteiger partial charge in [0.15, 0.2) is 0 Å². The molecule has 0 saturated carbocycles. The fraction of sp³-hybridized carbons (Fsp3) is 0.571. The van der Waals surface area contributed by atoms with E-state index in [0.717, 1.165) is 5.56 Å². The minimum Gasteiger partial charge on any atom is -0.508 e. The van der Waals surface area contributed by atoms with Gasteiger partial charge in [0.2, 0.25) is 0 Å². The second-order valence-corrected chi connectivity index (χ2v) is 5.51. The number of aromatic hydroxyl groups is 1. The summed E-state index contributed by atoms with van der Waals surface area (Å²) >= 11 is 0. The SMILES string of the molecule is [2H]Oc1c([2H])cc(C(C)(C)C)cc1C(C)(C)C([2H])([2H])[2H]. The van der Waals surface area contributed by atoms with Crippen LogP contribution in [0.15, 0.2) is 18.2 Å². The topological polar surface area (TPSA) is 20.2 Å². The molecule has 84 valence electrons. The van der Waals surface area contributed by atoms with Crippen molar-refractivity contribution in [2.45, 2.75) is 52.3 Å². The van der Waals surface area contributed by atoms with E-state index in [9.17, 15) is 0 Å². The van der Waals surface area contributed by atoms with Gasteiger partial charge in [-0.15, -0.1) is 0 Å². The molecule has 0 unspecified atom stereocenters. The highest BCUT2D eigenvalue weighted by molar-refractivity contribution is 5.42. The van der Waals surface area contributed by atoms with E-state index in [1.54, 1.807) is 26.0 Å². The van der Waals surface area contributed by atoms with Crippen LogP contribution < -0.4 is 0 Å². The molecule has 1 aromatic carbocycles. The van der Waals surface area contributed by atoms with Gasteiger partial charge in [-0.3, -0.25) is 0 Å². The van der Waals surface area contributed by atoms with Gasteiger partial charge < -0.3 is 5.11 Å². The van der Waals surface area contributed by atoms with E-state index in [-0.39, 0.29) is 17.2 Å². The Morgan fingerprint density at radius 3 is 2.40 bits per heavy atom. The van der Waals surface area contributed by atoms with Crippen LogP contribution in [0.2, 0.25) is 0 Å². The number of phenols is 1. The first-order valence-electron chi connectivity index (χ1n) is 7.52. The largest absolute Gasteiger partial charge is 0.508 e. The summed E-state index contributed by atoms with van der Waals surface area (Å²) in [6, 6.07) is 3.41. The molecule has 0 aliphatic carbocycles. The molecule has 1 heteroatoms. The molecule has 15 heavy (non-hydrogen) atoms. The van der Waals surface area contributed by atoms with Gasteiger partial charge in [-0.05, 0) is 28.0 Å². The average molecular weight is 211 g/mol. The smallest absolute Gasteiger partial charge is 0.293 e. The summed E-state index contributed by atoms with van der Waals surface area (Å²) < 4.78 is 38.2. The summed E-state index contributed by atoms with van der Waals surface area (Å²) in [5, 5.41) is 4.54. The molecular weight excluding hydrogens is 184 g/mol. The van der Waals surface area contributed by atoms with Crippen molar-refractivity contribution in [2.75, 3.05) is 0 Å². The van der Waals surface area contributed by atoms with Gasteiger partial charge in [0.25, 0.3) is 1.43 Å². The second kappa shape index (κ2) is 3.55. The first-order chi connectivity index (χ1) is 8.82. The molecule has 0 aromatic heterocycles. The van der Waals surface area contributed by atoms with Crippen LogP contribution in [0, 0.1) is 0 Å². The Bertz CT molecular complexity index is 498. The summed E-state index contributed by atoms with van der Waals surface area (Å²) in [5.41, 5.74) is -0.170. The highest BCUT2D eigenvalue weighted by Gasteiger charge is 2.21. The first-order valence-corrected chi connectivity index (χ1v) is 5.11. The summed E-state index contributed by atoms with van der Waals surface area (Å²) in [7, 11) is 0. The Labute approximate surface area is 100 Å². The lowest BCUT2D eigenvalue weighted by Crippen LogP contribution is -2.16. The highest BCUT2D eigenvalue weighted by atomic mass is 16.3. The van der Waals surface area contributed by atoms with Crippen LogP contribution in [-0.4, -0.2) is 6.54 Å². The van der Waals surface area contributed by atoms with Crippen molar-refractivity contribution in [1.82, 2.24) is 0 Å². The Balaban J connectivity index is 3.64. The van der Waals surface area contributed by atoms with Gasteiger partial charge in [-0.1, -0.05) is 53.6 Å². The van der Waals surface area contributed by atoms with E-state index in [1.807, 2.05) is 20.8 Å². The van der Waals surface area contributed by atoms with Crippen molar-refractivity contribution in [2.24, 2.45) is 0 Å². The zero-order chi connectivity index (χ0) is 15.9. The first kappa shape index (κ1) is 6.57. The Kier molecular flexibility index (Phi) is 1.55. The predicted molar refractivity (Wildman–Crippen MR) is 65.5 cm³/mol. The Morgan fingerprint density at radius 2 is 1.93 bits per heavy atom. The number of hydrogen-bond acceptors (Lipinski definition) is 1.